The largest absolute Gasteiger partial charge is 0.343 e. The quantitative estimate of drug-likeness (QED) is 0.245. The predicted octanol–water partition coefficient (Wildman–Crippen LogP) is 4.46. The maximum Gasteiger partial charge on any atom is 0.246 e. The number of amides is 3. The van der Waals surface area contributed by atoms with E-state index >= 15 is 0 Å². The van der Waals surface area contributed by atoms with Gasteiger partial charge in [0, 0.05) is 67.8 Å². The van der Waals surface area contributed by atoms with Gasteiger partial charge in [0.15, 0.2) is 10.2 Å². The second-order valence-electron chi connectivity index (χ2n) is 10.7. The SMILES string of the molecule is CCC(=O)C[C@H](C(=O)N(CC)CC)C(C)(C)SC(=O)CCC(=O)SC(C)(C)[C@H](NC(=O)CC)C(=O)N(CC)CC. The van der Waals surface area contributed by atoms with Gasteiger partial charge in [0.1, 0.15) is 11.8 Å². The van der Waals surface area contributed by atoms with Crippen molar-refractivity contribution in [3.8, 4) is 0 Å². The Labute approximate surface area is 249 Å². The Kier molecular flexibility index (Phi) is 17.0. The van der Waals surface area contributed by atoms with Crippen molar-refractivity contribution in [3.05, 3.63) is 0 Å². The lowest BCUT2D eigenvalue weighted by molar-refractivity contribution is -0.138. The molecule has 9 nitrogen and oxygen atoms in total. The Balaban J connectivity index is 5.55. The number of hydrogen-bond donors (Lipinski definition) is 1. The van der Waals surface area contributed by atoms with E-state index in [1.165, 1.54) is 0 Å². The van der Waals surface area contributed by atoms with Crippen molar-refractivity contribution >= 4 is 57.3 Å². The molecule has 0 rings (SSSR count). The van der Waals surface area contributed by atoms with Crippen molar-refractivity contribution in [2.45, 2.75) is 117 Å². The van der Waals surface area contributed by atoms with Crippen molar-refractivity contribution in [1.82, 2.24) is 15.1 Å². The molecule has 0 aliphatic heterocycles. The minimum Gasteiger partial charge on any atom is -0.343 e. The molecule has 0 heterocycles. The van der Waals surface area contributed by atoms with Crippen molar-refractivity contribution in [2.75, 3.05) is 26.2 Å². The van der Waals surface area contributed by atoms with Crippen LogP contribution in [0.5, 0.6) is 0 Å². The molecule has 0 radical (unpaired) electrons. The number of thioether (sulfide) groups is 2. The highest BCUT2D eigenvalue weighted by molar-refractivity contribution is 8.15. The molecule has 0 bridgehead atoms. The summed E-state index contributed by atoms with van der Waals surface area (Å²) in [6.45, 7) is 20.0. The minimum absolute atomic E-state index is 0.0376. The maximum atomic E-state index is 13.2. The Morgan fingerprint density at radius 3 is 1.48 bits per heavy atom. The summed E-state index contributed by atoms with van der Waals surface area (Å²) in [5, 5.41) is 2.27. The van der Waals surface area contributed by atoms with Gasteiger partial charge in [-0.1, -0.05) is 37.4 Å². The van der Waals surface area contributed by atoms with Gasteiger partial charge in [-0.05, 0) is 55.4 Å². The molecule has 40 heavy (non-hydrogen) atoms. The number of nitrogens with zero attached hydrogens (tertiary/aromatic N) is 2. The van der Waals surface area contributed by atoms with E-state index in [1.807, 2.05) is 27.7 Å². The summed E-state index contributed by atoms with van der Waals surface area (Å²) < 4.78 is -1.79. The molecule has 0 aromatic rings. The molecule has 1 N–H and O–H groups in total. The molecule has 0 unspecified atom stereocenters. The van der Waals surface area contributed by atoms with Gasteiger partial charge < -0.3 is 15.1 Å². The summed E-state index contributed by atoms with van der Waals surface area (Å²) in [6.07, 6.45) is 0.494. The molecular formula is C29H51N3O6S2. The topological polar surface area (TPSA) is 121 Å². The Bertz CT molecular complexity index is 826. The third-order valence-electron chi connectivity index (χ3n) is 6.97. The number of nitrogens with one attached hydrogen (secondary N) is 1. The smallest absolute Gasteiger partial charge is 0.246 e. The van der Waals surface area contributed by atoms with Gasteiger partial charge in [0.25, 0.3) is 0 Å². The highest BCUT2D eigenvalue weighted by Crippen LogP contribution is 2.38. The second-order valence-corrected chi connectivity index (χ2v) is 14.1. The van der Waals surface area contributed by atoms with Gasteiger partial charge >= 0.3 is 0 Å². The van der Waals surface area contributed by atoms with Crippen molar-refractivity contribution in [3.63, 3.8) is 0 Å². The molecule has 2 atom stereocenters. The van der Waals surface area contributed by atoms with Crippen LogP contribution in [-0.4, -0.2) is 85.3 Å². The van der Waals surface area contributed by atoms with Gasteiger partial charge in [-0.15, -0.1) is 0 Å². The zero-order chi connectivity index (χ0) is 31.3. The van der Waals surface area contributed by atoms with Crippen molar-refractivity contribution < 1.29 is 28.8 Å². The molecule has 3 amide bonds. The monoisotopic (exact) mass is 601 g/mol. The second kappa shape index (κ2) is 17.8. The third-order valence-corrected chi connectivity index (χ3v) is 9.41. The van der Waals surface area contributed by atoms with E-state index in [9.17, 15) is 28.8 Å². The van der Waals surface area contributed by atoms with Gasteiger partial charge in [-0.2, -0.15) is 0 Å². The van der Waals surface area contributed by atoms with Crippen LogP contribution in [0.4, 0.5) is 0 Å². The molecule has 0 saturated carbocycles. The third kappa shape index (κ3) is 11.9. The highest BCUT2D eigenvalue weighted by Gasteiger charge is 2.42. The summed E-state index contributed by atoms with van der Waals surface area (Å²) in [4.78, 5) is 80.2. The molecule has 0 aliphatic rings. The number of carbonyl (C=O) groups excluding carboxylic acids is 6. The van der Waals surface area contributed by atoms with E-state index in [-0.39, 0.29) is 59.4 Å². The van der Waals surface area contributed by atoms with Crippen LogP contribution in [0.25, 0.3) is 0 Å². The Hall–Kier alpha value is -1.88. The first-order valence-electron chi connectivity index (χ1n) is 14.4. The predicted molar refractivity (Wildman–Crippen MR) is 164 cm³/mol. The summed E-state index contributed by atoms with van der Waals surface area (Å²) in [5.74, 6) is -1.38. The average molecular weight is 602 g/mol. The lowest BCUT2D eigenvalue weighted by Gasteiger charge is -2.36. The van der Waals surface area contributed by atoms with Crippen LogP contribution in [0.1, 0.15) is 101 Å². The van der Waals surface area contributed by atoms with E-state index in [0.29, 0.717) is 32.6 Å². The first-order chi connectivity index (χ1) is 18.5. The van der Waals surface area contributed by atoms with Crippen LogP contribution in [-0.2, 0) is 28.8 Å². The summed E-state index contributed by atoms with van der Waals surface area (Å²) >= 11 is 1.96. The number of carbonyl (C=O) groups is 6. The molecule has 0 fully saturated rings. The van der Waals surface area contributed by atoms with Gasteiger partial charge in [-0.3, -0.25) is 28.8 Å². The molecule has 11 heteroatoms. The Morgan fingerprint density at radius 1 is 0.650 bits per heavy atom. The van der Waals surface area contributed by atoms with E-state index in [1.54, 1.807) is 51.3 Å². The fraction of sp³-hybridized carbons (Fsp3) is 0.793. The zero-order valence-electron chi connectivity index (χ0n) is 26.2. The first kappa shape index (κ1) is 38.1. The van der Waals surface area contributed by atoms with Gasteiger partial charge in [0.2, 0.25) is 17.7 Å². The fourth-order valence-electron chi connectivity index (χ4n) is 4.29. The standard InChI is InChI=1S/C29H51N3O6S2/c1-11-20(33)19-21(26(37)31(13-3)14-4)28(7,8)39-23(35)17-18-24(36)40-29(9,10)25(30-22(34)12-2)27(38)32(15-5)16-6/h21,25H,11-19H2,1-10H3,(H,30,34)/t21-,25-/m1/s1. The minimum atomic E-state index is -0.946. The number of rotatable bonds is 18. The van der Waals surface area contributed by atoms with E-state index < -0.39 is 21.5 Å². The van der Waals surface area contributed by atoms with Crippen LogP contribution in [0.3, 0.4) is 0 Å². The number of ketones is 1. The summed E-state index contributed by atoms with van der Waals surface area (Å²) in [5.41, 5.74) is 0. The van der Waals surface area contributed by atoms with Crippen LogP contribution in [0.2, 0.25) is 0 Å². The first-order valence-corrected chi connectivity index (χ1v) is 16.0. The molecule has 0 spiro atoms. The van der Waals surface area contributed by atoms with Gasteiger partial charge in [0.05, 0.1) is 5.92 Å². The molecular weight excluding hydrogens is 550 g/mol. The molecule has 230 valence electrons. The fourth-order valence-corrected chi connectivity index (χ4v) is 6.48. The highest BCUT2D eigenvalue weighted by atomic mass is 32.2. The van der Waals surface area contributed by atoms with E-state index in [4.69, 9.17) is 0 Å². The van der Waals surface area contributed by atoms with Crippen LogP contribution in [0.15, 0.2) is 0 Å². The summed E-state index contributed by atoms with van der Waals surface area (Å²) in [6, 6.07) is -0.902. The van der Waals surface area contributed by atoms with Gasteiger partial charge in [-0.25, -0.2) is 0 Å². The normalized spacial score (nSPS) is 13.2. The van der Waals surface area contributed by atoms with Crippen LogP contribution >= 0.6 is 23.5 Å². The molecule has 0 aromatic carbocycles. The zero-order valence-corrected chi connectivity index (χ0v) is 27.8. The number of Topliss-reactive ketones (excluding diaryl/α,β-unsaturated/α-hetero) is 1. The number of hydrogen-bond acceptors (Lipinski definition) is 8. The van der Waals surface area contributed by atoms with Crippen molar-refractivity contribution in [1.29, 1.82) is 0 Å². The van der Waals surface area contributed by atoms with Crippen LogP contribution in [0, 0.1) is 5.92 Å². The molecule has 0 aromatic heterocycles. The lowest BCUT2D eigenvalue weighted by atomic mass is 9.87. The van der Waals surface area contributed by atoms with E-state index in [0.717, 1.165) is 23.5 Å². The lowest BCUT2D eigenvalue weighted by Crippen LogP contribution is -2.57. The average Bonchev–Trinajstić information content (AvgIpc) is 2.89. The Morgan fingerprint density at radius 2 is 1.07 bits per heavy atom. The summed E-state index contributed by atoms with van der Waals surface area (Å²) in [7, 11) is 0. The van der Waals surface area contributed by atoms with Crippen molar-refractivity contribution in [2.24, 2.45) is 5.92 Å². The molecule has 0 saturated heterocycles. The number of likely N-dealkylation sites (N-methyl/N-ethyl adjacent to an activating group) is 1. The van der Waals surface area contributed by atoms with E-state index in [2.05, 4.69) is 5.32 Å². The van der Waals surface area contributed by atoms with Crippen LogP contribution < -0.4 is 5.32 Å². The maximum absolute atomic E-state index is 13.2. The molecule has 0 aliphatic carbocycles.